The second-order valence-corrected chi connectivity index (χ2v) is 5.82. The topological polar surface area (TPSA) is 58.8 Å². The van der Waals surface area contributed by atoms with Crippen LogP contribution in [0.2, 0.25) is 0 Å². The number of ether oxygens (including phenoxy) is 1. The number of non-ortho nitro benzene ring substituents is 1. The van der Waals surface area contributed by atoms with E-state index in [1.165, 1.54) is 6.07 Å². The Hall–Kier alpha value is -1.87. The number of nitro benzene ring substituents is 1. The molecular weight excluding hydrogens is 315 g/mol. The number of likely N-dealkylation sites (N-methyl/N-ethyl adjacent to an activating group) is 1. The predicted molar refractivity (Wildman–Crippen MR) is 76.5 cm³/mol. The molecule has 2 aliphatic heterocycles. The van der Waals surface area contributed by atoms with E-state index in [0.717, 1.165) is 12.6 Å². The van der Waals surface area contributed by atoms with Crippen molar-refractivity contribution in [3.63, 3.8) is 0 Å². The van der Waals surface area contributed by atoms with Crippen LogP contribution in [0.15, 0.2) is 18.2 Å². The first-order valence-electron chi connectivity index (χ1n) is 7.20. The van der Waals surface area contributed by atoms with E-state index in [0.29, 0.717) is 25.8 Å². The smallest absolute Gasteiger partial charge is 0.373 e. The molecular formula is C14H16F3N3O3. The second-order valence-electron chi connectivity index (χ2n) is 5.82. The van der Waals surface area contributed by atoms with Crippen LogP contribution in [-0.4, -0.2) is 55.3 Å². The van der Waals surface area contributed by atoms with E-state index in [9.17, 15) is 23.3 Å². The molecule has 23 heavy (non-hydrogen) atoms. The minimum absolute atomic E-state index is 0.0278. The van der Waals surface area contributed by atoms with Crippen LogP contribution >= 0.6 is 0 Å². The first kappa shape index (κ1) is 16.0. The number of halogens is 3. The summed E-state index contributed by atoms with van der Waals surface area (Å²) in [4.78, 5) is 13.6. The van der Waals surface area contributed by atoms with Gasteiger partial charge in [0.2, 0.25) is 0 Å². The van der Waals surface area contributed by atoms with Crippen molar-refractivity contribution >= 4 is 11.4 Å². The first-order valence-corrected chi connectivity index (χ1v) is 7.20. The van der Waals surface area contributed by atoms with E-state index in [4.69, 9.17) is 4.74 Å². The molecule has 6 nitrogen and oxygen atoms in total. The molecule has 0 N–H and O–H groups in total. The van der Waals surface area contributed by atoms with Gasteiger partial charge in [0, 0.05) is 37.5 Å². The fourth-order valence-corrected chi connectivity index (χ4v) is 3.19. The lowest BCUT2D eigenvalue weighted by molar-refractivity contribution is -0.385. The minimum Gasteiger partial charge on any atom is -0.373 e. The SMILES string of the molecule is CN1CCOC2CN(c3ccc([N+](=O)[O-])cc3C(F)(F)F)CC21. The van der Waals surface area contributed by atoms with E-state index >= 15 is 0 Å². The van der Waals surface area contributed by atoms with Gasteiger partial charge in [0.15, 0.2) is 0 Å². The van der Waals surface area contributed by atoms with Gasteiger partial charge in [-0.2, -0.15) is 13.2 Å². The monoisotopic (exact) mass is 331 g/mol. The van der Waals surface area contributed by atoms with E-state index in [1.54, 1.807) is 4.90 Å². The summed E-state index contributed by atoms with van der Waals surface area (Å²) in [5.41, 5.74) is -1.58. The van der Waals surface area contributed by atoms with Crippen molar-refractivity contribution in [1.29, 1.82) is 0 Å². The maximum atomic E-state index is 13.3. The Balaban J connectivity index is 1.95. The van der Waals surface area contributed by atoms with Gasteiger partial charge in [-0.15, -0.1) is 0 Å². The highest BCUT2D eigenvalue weighted by atomic mass is 19.4. The summed E-state index contributed by atoms with van der Waals surface area (Å²) in [5.74, 6) is 0. The van der Waals surface area contributed by atoms with Crippen molar-refractivity contribution < 1.29 is 22.8 Å². The number of nitro groups is 1. The second kappa shape index (κ2) is 5.64. The van der Waals surface area contributed by atoms with Gasteiger partial charge >= 0.3 is 6.18 Å². The Morgan fingerprint density at radius 1 is 1.35 bits per heavy atom. The van der Waals surface area contributed by atoms with Gasteiger partial charge in [0.1, 0.15) is 0 Å². The summed E-state index contributed by atoms with van der Waals surface area (Å²) in [6.07, 6.45) is -4.80. The number of rotatable bonds is 2. The third-order valence-corrected chi connectivity index (χ3v) is 4.42. The maximum absolute atomic E-state index is 13.3. The lowest BCUT2D eigenvalue weighted by atomic mass is 10.1. The highest BCUT2D eigenvalue weighted by Gasteiger charge is 2.42. The van der Waals surface area contributed by atoms with E-state index in [-0.39, 0.29) is 17.8 Å². The minimum atomic E-state index is -4.65. The molecule has 2 atom stereocenters. The number of nitrogens with zero attached hydrogens (tertiary/aromatic N) is 3. The maximum Gasteiger partial charge on any atom is 0.418 e. The van der Waals surface area contributed by atoms with Crippen LogP contribution in [-0.2, 0) is 10.9 Å². The number of hydrogen-bond donors (Lipinski definition) is 0. The van der Waals surface area contributed by atoms with Crippen molar-refractivity contribution in [3.05, 3.63) is 33.9 Å². The zero-order valence-electron chi connectivity index (χ0n) is 12.4. The third-order valence-electron chi connectivity index (χ3n) is 4.42. The van der Waals surface area contributed by atoms with E-state index in [1.807, 2.05) is 7.05 Å². The normalized spacial score (nSPS) is 25.5. The molecule has 2 fully saturated rings. The van der Waals surface area contributed by atoms with Crippen LogP contribution in [0.3, 0.4) is 0 Å². The highest BCUT2D eigenvalue weighted by Crippen LogP contribution is 2.40. The molecule has 126 valence electrons. The Morgan fingerprint density at radius 2 is 2.09 bits per heavy atom. The molecule has 1 aromatic carbocycles. The van der Waals surface area contributed by atoms with E-state index in [2.05, 4.69) is 4.90 Å². The molecule has 2 heterocycles. The quantitative estimate of drug-likeness (QED) is 0.614. The zero-order valence-corrected chi connectivity index (χ0v) is 12.4. The molecule has 0 aliphatic carbocycles. The molecule has 2 unspecified atom stereocenters. The average Bonchev–Trinajstić information content (AvgIpc) is 2.91. The number of fused-ring (bicyclic) bond motifs is 1. The average molecular weight is 331 g/mol. The van der Waals surface area contributed by atoms with Gasteiger partial charge in [-0.3, -0.25) is 15.0 Å². The van der Waals surface area contributed by atoms with Crippen molar-refractivity contribution in [3.8, 4) is 0 Å². The lowest BCUT2D eigenvalue weighted by Crippen LogP contribution is -2.48. The zero-order chi connectivity index (χ0) is 16.8. The molecule has 9 heteroatoms. The fourth-order valence-electron chi connectivity index (χ4n) is 3.19. The van der Waals surface area contributed by atoms with Crippen molar-refractivity contribution in [2.24, 2.45) is 0 Å². The Bertz CT molecular complexity index is 623. The molecule has 0 spiro atoms. The summed E-state index contributed by atoms with van der Waals surface area (Å²) in [7, 11) is 1.92. The van der Waals surface area contributed by atoms with Gasteiger partial charge in [-0.1, -0.05) is 0 Å². The third kappa shape index (κ3) is 2.98. The number of anilines is 1. The van der Waals surface area contributed by atoms with Crippen LogP contribution in [0.5, 0.6) is 0 Å². The van der Waals surface area contributed by atoms with Crippen LogP contribution in [0.25, 0.3) is 0 Å². The largest absolute Gasteiger partial charge is 0.418 e. The Morgan fingerprint density at radius 3 is 2.70 bits per heavy atom. The number of benzene rings is 1. The lowest BCUT2D eigenvalue weighted by Gasteiger charge is -2.33. The van der Waals surface area contributed by atoms with Crippen LogP contribution in [0, 0.1) is 10.1 Å². The molecule has 1 aromatic rings. The molecule has 2 aliphatic rings. The number of alkyl halides is 3. The van der Waals surface area contributed by atoms with Crippen LogP contribution in [0.4, 0.5) is 24.5 Å². The van der Waals surface area contributed by atoms with Gasteiger partial charge in [0.25, 0.3) is 5.69 Å². The summed E-state index contributed by atoms with van der Waals surface area (Å²) < 4.78 is 45.5. The van der Waals surface area contributed by atoms with Gasteiger partial charge in [0.05, 0.1) is 29.2 Å². The van der Waals surface area contributed by atoms with Crippen molar-refractivity contribution in [2.45, 2.75) is 18.3 Å². The van der Waals surface area contributed by atoms with Crippen LogP contribution in [0.1, 0.15) is 5.56 Å². The number of hydrogen-bond acceptors (Lipinski definition) is 5. The molecule has 3 rings (SSSR count). The summed E-state index contributed by atoms with van der Waals surface area (Å²) in [5, 5.41) is 10.8. The molecule has 0 amide bonds. The summed E-state index contributed by atoms with van der Waals surface area (Å²) >= 11 is 0. The van der Waals surface area contributed by atoms with Crippen LogP contribution < -0.4 is 4.90 Å². The van der Waals surface area contributed by atoms with E-state index < -0.39 is 22.4 Å². The molecule has 0 bridgehead atoms. The van der Waals surface area contributed by atoms with Gasteiger partial charge in [-0.05, 0) is 13.1 Å². The van der Waals surface area contributed by atoms with Gasteiger partial charge in [-0.25, -0.2) is 0 Å². The predicted octanol–water partition coefficient (Wildman–Crippen LogP) is 2.13. The molecule has 0 aromatic heterocycles. The Kier molecular flexibility index (Phi) is 3.93. The Labute approximate surface area is 130 Å². The standard InChI is InChI=1S/C14H16F3N3O3/c1-18-4-5-23-13-8-19(7-12(13)18)11-3-2-9(20(21)22)6-10(11)14(15,16)17/h2-3,6,12-13H,4-5,7-8H2,1H3. The molecule has 0 saturated carbocycles. The molecule has 2 saturated heterocycles. The summed E-state index contributed by atoms with van der Waals surface area (Å²) in [6.45, 7) is 2.04. The van der Waals surface area contributed by atoms with Gasteiger partial charge < -0.3 is 9.64 Å². The highest BCUT2D eigenvalue weighted by molar-refractivity contribution is 5.60. The number of morpholine rings is 1. The molecule has 0 radical (unpaired) electrons. The van der Waals surface area contributed by atoms with Crippen molar-refractivity contribution in [2.75, 3.05) is 38.2 Å². The summed E-state index contributed by atoms with van der Waals surface area (Å²) in [6, 6.07) is 2.91. The first-order chi connectivity index (χ1) is 10.8. The fraction of sp³-hybridized carbons (Fsp3) is 0.571. The van der Waals surface area contributed by atoms with Crippen molar-refractivity contribution in [1.82, 2.24) is 4.90 Å².